The number of sulfone groups is 1. The van der Waals surface area contributed by atoms with Gasteiger partial charge in [0.25, 0.3) is 0 Å². The van der Waals surface area contributed by atoms with Crippen LogP contribution in [0.3, 0.4) is 0 Å². The van der Waals surface area contributed by atoms with Crippen LogP contribution in [0.5, 0.6) is 0 Å². The maximum atomic E-state index is 15.2. The van der Waals surface area contributed by atoms with Crippen molar-refractivity contribution in [3.8, 4) is 0 Å². The highest BCUT2D eigenvalue weighted by Crippen LogP contribution is 2.46. The van der Waals surface area contributed by atoms with E-state index in [1.165, 1.54) is 32.0 Å². The van der Waals surface area contributed by atoms with Crippen LogP contribution in [0, 0.1) is 5.82 Å². The number of hydrogen-bond donors (Lipinski definition) is 0. The summed E-state index contributed by atoms with van der Waals surface area (Å²) in [5, 5.41) is 0. The summed E-state index contributed by atoms with van der Waals surface area (Å²) in [5.74, 6) is -0.626. The van der Waals surface area contributed by atoms with Gasteiger partial charge in [0.05, 0.1) is 4.90 Å². The third kappa shape index (κ3) is 2.36. The van der Waals surface area contributed by atoms with Crippen molar-refractivity contribution in [1.29, 1.82) is 0 Å². The molecule has 2 nitrogen and oxygen atoms in total. The smallest absolute Gasteiger partial charge is 0.186 e. The highest BCUT2D eigenvalue weighted by Gasteiger charge is 2.54. The van der Waals surface area contributed by atoms with Crippen LogP contribution in [0.1, 0.15) is 46.0 Å². The van der Waals surface area contributed by atoms with E-state index >= 15 is 4.39 Å². The minimum absolute atomic E-state index is 0.148. The van der Waals surface area contributed by atoms with E-state index in [-0.39, 0.29) is 17.7 Å². The summed E-state index contributed by atoms with van der Waals surface area (Å²) in [5.41, 5.74) is -1.75. The van der Waals surface area contributed by atoms with E-state index in [9.17, 15) is 12.8 Å². The molecule has 112 valence electrons. The second kappa shape index (κ2) is 5.10. The minimum atomic E-state index is -3.93. The molecule has 0 bridgehead atoms. The van der Waals surface area contributed by atoms with Crippen LogP contribution in [0.25, 0.3) is 0 Å². The summed E-state index contributed by atoms with van der Waals surface area (Å²) in [4.78, 5) is -0.148. The minimum Gasteiger partial charge on any atom is -0.242 e. The Bertz CT molecular complexity index is 588. The van der Waals surface area contributed by atoms with Crippen molar-refractivity contribution in [1.82, 2.24) is 0 Å². The molecule has 1 aromatic carbocycles. The molecule has 1 aliphatic carbocycles. The Balaban J connectivity index is 2.46. The van der Waals surface area contributed by atoms with Crippen LogP contribution in [-0.4, -0.2) is 18.8 Å². The Morgan fingerprint density at radius 1 is 1.15 bits per heavy atom. The summed E-state index contributed by atoms with van der Waals surface area (Å²) in [7, 11) is -3.93. The first kappa shape index (κ1) is 15.4. The van der Waals surface area contributed by atoms with Crippen molar-refractivity contribution in [2.75, 3.05) is 0 Å². The van der Waals surface area contributed by atoms with Gasteiger partial charge in [-0.1, -0.05) is 25.3 Å². The summed E-state index contributed by atoms with van der Waals surface area (Å²) in [6.07, 6.45) is 2.81. The molecule has 5 heteroatoms. The van der Waals surface area contributed by atoms with Crippen LogP contribution in [0.15, 0.2) is 29.2 Å². The first-order valence-electron chi connectivity index (χ1n) is 6.90. The van der Waals surface area contributed by atoms with E-state index in [0.717, 1.165) is 12.5 Å². The van der Waals surface area contributed by atoms with E-state index in [2.05, 4.69) is 0 Å². The fourth-order valence-electron chi connectivity index (χ4n) is 2.88. The highest BCUT2D eigenvalue weighted by molar-refractivity contribution is 7.92. The lowest BCUT2D eigenvalue weighted by molar-refractivity contribution is 0.0683. The number of benzene rings is 1. The van der Waals surface area contributed by atoms with Crippen molar-refractivity contribution in [2.45, 2.75) is 61.3 Å². The van der Waals surface area contributed by atoms with Gasteiger partial charge in [-0.05, 0) is 44.9 Å². The second-order valence-electron chi connectivity index (χ2n) is 6.00. The van der Waals surface area contributed by atoms with E-state index < -0.39 is 26.1 Å². The zero-order valence-corrected chi connectivity index (χ0v) is 12.6. The lowest BCUT2D eigenvalue weighted by Gasteiger charge is -2.42. The molecule has 2 rings (SSSR count). The molecule has 0 aliphatic heterocycles. The Labute approximate surface area is 119 Å². The largest absolute Gasteiger partial charge is 0.242 e. The van der Waals surface area contributed by atoms with Gasteiger partial charge in [0, 0.05) is 0 Å². The first-order valence-corrected chi connectivity index (χ1v) is 8.38. The summed E-state index contributed by atoms with van der Waals surface area (Å²) in [6, 6.07) is 4.80. The molecule has 0 heterocycles. The van der Waals surface area contributed by atoms with Crippen molar-refractivity contribution in [3.63, 3.8) is 0 Å². The highest BCUT2D eigenvalue weighted by atomic mass is 32.2. The van der Waals surface area contributed by atoms with Gasteiger partial charge < -0.3 is 0 Å². The average Bonchev–Trinajstić information content (AvgIpc) is 2.39. The molecule has 1 aromatic rings. The van der Waals surface area contributed by atoms with E-state index in [4.69, 9.17) is 0 Å². The van der Waals surface area contributed by atoms with Gasteiger partial charge in [-0.25, -0.2) is 17.2 Å². The lowest BCUT2D eigenvalue weighted by atomic mass is 9.78. The first-order chi connectivity index (χ1) is 9.21. The van der Waals surface area contributed by atoms with Crippen molar-refractivity contribution in [3.05, 3.63) is 30.1 Å². The molecule has 0 radical (unpaired) electrons. The van der Waals surface area contributed by atoms with E-state index in [0.29, 0.717) is 12.8 Å². The molecule has 0 N–H and O–H groups in total. The number of halogens is 2. The Hall–Kier alpha value is -0.970. The molecule has 0 unspecified atom stereocenters. The van der Waals surface area contributed by atoms with Crippen LogP contribution >= 0.6 is 0 Å². The molecule has 1 fully saturated rings. The molecule has 0 saturated heterocycles. The van der Waals surface area contributed by atoms with Crippen LogP contribution in [-0.2, 0) is 9.84 Å². The topological polar surface area (TPSA) is 34.1 Å². The monoisotopic (exact) mass is 302 g/mol. The second-order valence-corrected chi connectivity index (χ2v) is 8.50. The summed E-state index contributed by atoms with van der Waals surface area (Å²) in [6.45, 7) is 2.83. The molecule has 0 aromatic heterocycles. The van der Waals surface area contributed by atoms with Gasteiger partial charge in [-0.15, -0.1) is 0 Å². The van der Waals surface area contributed by atoms with Gasteiger partial charge in [0.15, 0.2) is 9.84 Å². The van der Waals surface area contributed by atoms with Crippen LogP contribution in [0.2, 0.25) is 0 Å². The third-order valence-corrected chi connectivity index (χ3v) is 7.09. The summed E-state index contributed by atoms with van der Waals surface area (Å²) >= 11 is 0. The Kier molecular flexibility index (Phi) is 3.93. The van der Waals surface area contributed by atoms with Gasteiger partial charge >= 0.3 is 0 Å². The van der Waals surface area contributed by atoms with Gasteiger partial charge in [0.1, 0.15) is 16.2 Å². The number of hydrogen-bond acceptors (Lipinski definition) is 2. The van der Waals surface area contributed by atoms with E-state index in [1.54, 1.807) is 0 Å². The van der Waals surface area contributed by atoms with Crippen molar-refractivity contribution < 1.29 is 17.2 Å². The van der Waals surface area contributed by atoms with Gasteiger partial charge in [-0.2, -0.15) is 0 Å². The Morgan fingerprint density at radius 2 is 1.75 bits per heavy atom. The zero-order valence-electron chi connectivity index (χ0n) is 11.8. The summed E-state index contributed by atoms with van der Waals surface area (Å²) < 4.78 is 52.3. The lowest BCUT2D eigenvalue weighted by Crippen LogP contribution is -2.53. The molecule has 0 atom stereocenters. The molecule has 0 amide bonds. The van der Waals surface area contributed by atoms with Crippen molar-refractivity contribution >= 4 is 9.84 Å². The average molecular weight is 302 g/mol. The van der Waals surface area contributed by atoms with E-state index in [1.807, 2.05) is 0 Å². The van der Waals surface area contributed by atoms with Crippen LogP contribution in [0.4, 0.5) is 8.78 Å². The predicted octanol–water partition coefficient (Wildman–Crippen LogP) is 4.05. The Morgan fingerprint density at radius 3 is 2.30 bits per heavy atom. The molecule has 0 spiro atoms. The normalized spacial score (nSPS) is 19.8. The van der Waals surface area contributed by atoms with Crippen molar-refractivity contribution in [2.24, 2.45) is 0 Å². The van der Waals surface area contributed by atoms with Crippen LogP contribution < -0.4 is 0 Å². The molecular weight excluding hydrogens is 282 g/mol. The van der Waals surface area contributed by atoms with Gasteiger partial charge in [0.2, 0.25) is 0 Å². The quantitative estimate of drug-likeness (QED) is 0.844. The molecule has 1 saturated carbocycles. The molecule has 20 heavy (non-hydrogen) atoms. The fourth-order valence-corrected chi connectivity index (χ4v) is 4.68. The maximum absolute atomic E-state index is 15.2. The van der Waals surface area contributed by atoms with Gasteiger partial charge in [-0.3, -0.25) is 0 Å². The third-order valence-electron chi connectivity index (χ3n) is 4.50. The predicted molar refractivity (Wildman–Crippen MR) is 74.6 cm³/mol. The number of alkyl halides is 1. The maximum Gasteiger partial charge on any atom is 0.186 e. The SMILES string of the molecule is CC(C)(C1(F)CCCCC1)S(=O)(=O)c1cccc(F)c1. The fraction of sp³-hybridized carbons (Fsp3) is 0.600. The zero-order chi connectivity index (χ0) is 15.0. The standard InChI is InChI=1S/C15H20F2O2S/c1-14(2,15(17)9-4-3-5-10-15)20(18,19)13-8-6-7-12(16)11-13/h6-8,11H,3-5,9-10H2,1-2H3. The number of rotatable bonds is 3. The molecular formula is C15H20F2O2S. The molecule has 1 aliphatic rings.